The van der Waals surface area contributed by atoms with Crippen LogP contribution < -0.4 is 5.73 Å². The van der Waals surface area contributed by atoms with Crippen LogP contribution in [0.15, 0.2) is 18.2 Å². The number of aryl methyl sites for hydroxylation is 1. The Labute approximate surface area is 108 Å². The Kier molecular flexibility index (Phi) is 3.04. The number of hydrogen-bond acceptors (Lipinski definition) is 3. The summed E-state index contributed by atoms with van der Waals surface area (Å²) in [6.07, 6.45) is 4.80. The van der Waals surface area contributed by atoms with E-state index in [9.17, 15) is 5.11 Å². The lowest BCUT2D eigenvalue weighted by Gasteiger charge is -2.31. The molecule has 1 fully saturated rings. The van der Waals surface area contributed by atoms with E-state index >= 15 is 0 Å². The molecule has 1 unspecified atom stereocenters. The molecule has 98 valence electrons. The Morgan fingerprint density at radius 2 is 2.11 bits per heavy atom. The maximum absolute atomic E-state index is 10.9. The van der Waals surface area contributed by atoms with E-state index in [1.54, 1.807) is 0 Å². The second-order valence-electron chi connectivity index (χ2n) is 5.71. The molecular weight excluding hydrogens is 226 g/mol. The van der Waals surface area contributed by atoms with Crippen molar-refractivity contribution in [2.24, 2.45) is 5.92 Å². The van der Waals surface area contributed by atoms with Crippen LogP contribution >= 0.6 is 0 Å². The third-order valence-electron chi connectivity index (χ3n) is 4.41. The third-order valence-corrected chi connectivity index (χ3v) is 4.41. The van der Waals surface area contributed by atoms with Crippen molar-refractivity contribution in [2.45, 2.75) is 37.7 Å². The van der Waals surface area contributed by atoms with Gasteiger partial charge in [0.2, 0.25) is 0 Å². The van der Waals surface area contributed by atoms with Crippen molar-refractivity contribution in [3.05, 3.63) is 29.3 Å². The van der Waals surface area contributed by atoms with Crippen molar-refractivity contribution in [3.8, 4) is 0 Å². The highest BCUT2D eigenvalue weighted by atomic mass is 16.5. The summed E-state index contributed by atoms with van der Waals surface area (Å²) in [5.41, 5.74) is 8.29. The fourth-order valence-corrected chi connectivity index (χ4v) is 3.39. The summed E-state index contributed by atoms with van der Waals surface area (Å²) in [6, 6.07) is 5.92. The third kappa shape index (κ3) is 2.13. The van der Waals surface area contributed by atoms with Crippen LogP contribution in [-0.4, -0.2) is 18.3 Å². The van der Waals surface area contributed by atoms with Gasteiger partial charge in [0.1, 0.15) is 0 Å². The van der Waals surface area contributed by atoms with Gasteiger partial charge in [0.25, 0.3) is 0 Å². The first kappa shape index (κ1) is 12.0. The average Bonchev–Trinajstić information content (AvgIpc) is 2.67. The minimum Gasteiger partial charge on any atom is -0.399 e. The predicted octanol–water partition coefficient (Wildman–Crippen LogP) is 2.22. The summed E-state index contributed by atoms with van der Waals surface area (Å²) in [4.78, 5) is 0. The average molecular weight is 247 g/mol. The number of nitrogen functional groups attached to an aromatic ring is 1. The van der Waals surface area contributed by atoms with Crippen LogP contribution in [0.1, 0.15) is 36.8 Å². The topological polar surface area (TPSA) is 55.5 Å². The number of hydrogen-bond donors (Lipinski definition) is 2. The zero-order chi connectivity index (χ0) is 12.6. The zero-order valence-corrected chi connectivity index (χ0v) is 10.7. The monoisotopic (exact) mass is 247 g/mol. The molecule has 1 aromatic carbocycles. The number of benzene rings is 1. The van der Waals surface area contributed by atoms with E-state index in [-0.39, 0.29) is 0 Å². The first-order valence-electron chi connectivity index (χ1n) is 6.86. The Balaban J connectivity index is 1.80. The fourth-order valence-electron chi connectivity index (χ4n) is 3.39. The lowest BCUT2D eigenvalue weighted by molar-refractivity contribution is -0.0144. The summed E-state index contributed by atoms with van der Waals surface area (Å²) in [6.45, 7) is 1.69. The van der Waals surface area contributed by atoms with Gasteiger partial charge >= 0.3 is 0 Å². The van der Waals surface area contributed by atoms with Gasteiger partial charge in [-0.05, 0) is 61.3 Å². The molecule has 3 nitrogen and oxygen atoms in total. The summed E-state index contributed by atoms with van der Waals surface area (Å²) < 4.78 is 5.38. The van der Waals surface area contributed by atoms with E-state index in [4.69, 9.17) is 10.5 Å². The Morgan fingerprint density at radius 1 is 1.33 bits per heavy atom. The van der Waals surface area contributed by atoms with Crippen LogP contribution in [0.5, 0.6) is 0 Å². The van der Waals surface area contributed by atoms with E-state index in [1.165, 1.54) is 5.56 Å². The number of aliphatic hydroxyl groups is 1. The van der Waals surface area contributed by atoms with E-state index in [2.05, 4.69) is 0 Å². The first-order valence-corrected chi connectivity index (χ1v) is 6.86. The smallest absolute Gasteiger partial charge is 0.0905 e. The molecule has 18 heavy (non-hydrogen) atoms. The van der Waals surface area contributed by atoms with Gasteiger partial charge in [-0.1, -0.05) is 6.07 Å². The van der Waals surface area contributed by atoms with E-state index < -0.39 is 5.60 Å². The molecule has 0 saturated carbocycles. The Bertz CT molecular complexity index is 440. The number of nitrogens with two attached hydrogens (primary N) is 1. The highest BCUT2D eigenvalue weighted by molar-refractivity contribution is 5.48. The summed E-state index contributed by atoms with van der Waals surface area (Å²) in [7, 11) is 0. The molecule has 3 N–H and O–H groups in total. The number of fused-ring (bicyclic) bond motifs is 1. The van der Waals surface area contributed by atoms with E-state index in [0.717, 1.165) is 56.6 Å². The van der Waals surface area contributed by atoms with Crippen LogP contribution in [0.4, 0.5) is 5.69 Å². The Hall–Kier alpha value is -1.06. The molecule has 1 aromatic rings. The molecule has 1 aliphatic heterocycles. The maximum Gasteiger partial charge on any atom is 0.0905 e. The SMILES string of the molecule is Nc1ccc2c(c1)CCC2(O)CC1CCOCC1. The van der Waals surface area contributed by atoms with E-state index in [0.29, 0.717) is 5.92 Å². The standard InChI is InChI=1S/C15H21NO2/c16-13-1-2-14-12(9-13)3-6-15(14,17)10-11-4-7-18-8-5-11/h1-2,9,11,17H,3-8,10,16H2. The normalized spacial score (nSPS) is 28.3. The molecule has 1 saturated heterocycles. The largest absolute Gasteiger partial charge is 0.399 e. The summed E-state index contributed by atoms with van der Waals surface area (Å²) >= 11 is 0. The molecule has 0 aromatic heterocycles. The van der Waals surface area contributed by atoms with Gasteiger partial charge in [0.15, 0.2) is 0 Å². The minimum absolute atomic E-state index is 0.590. The molecule has 0 amide bonds. The fraction of sp³-hybridized carbons (Fsp3) is 0.600. The quantitative estimate of drug-likeness (QED) is 0.788. The predicted molar refractivity (Wildman–Crippen MR) is 71.2 cm³/mol. The van der Waals surface area contributed by atoms with Gasteiger partial charge in [-0.3, -0.25) is 0 Å². The van der Waals surface area contributed by atoms with Crippen LogP contribution in [0.3, 0.4) is 0 Å². The molecule has 0 radical (unpaired) electrons. The van der Waals surface area contributed by atoms with Crippen LogP contribution in [0.25, 0.3) is 0 Å². The van der Waals surface area contributed by atoms with Crippen LogP contribution in [0.2, 0.25) is 0 Å². The van der Waals surface area contributed by atoms with Crippen molar-refractivity contribution in [2.75, 3.05) is 18.9 Å². The maximum atomic E-state index is 10.9. The number of anilines is 1. The highest BCUT2D eigenvalue weighted by Gasteiger charge is 2.38. The molecule has 2 aliphatic rings. The first-order chi connectivity index (χ1) is 8.67. The van der Waals surface area contributed by atoms with Crippen molar-refractivity contribution < 1.29 is 9.84 Å². The Morgan fingerprint density at radius 3 is 2.89 bits per heavy atom. The van der Waals surface area contributed by atoms with Gasteiger partial charge in [0, 0.05) is 18.9 Å². The zero-order valence-electron chi connectivity index (χ0n) is 10.7. The molecule has 3 heteroatoms. The molecular formula is C15H21NO2. The van der Waals surface area contributed by atoms with Gasteiger partial charge in [-0.25, -0.2) is 0 Å². The summed E-state index contributed by atoms with van der Waals surface area (Å²) in [5.74, 6) is 0.590. The lowest BCUT2D eigenvalue weighted by Crippen LogP contribution is -2.29. The van der Waals surface area contributed by atoms with Crippen LogP contribution in [-0.2, 0) is 16.8 Å². The number of ether oxygens (including phenoxy) is 1. The molecule has 3 rings (SSSR count). The number of rotatable bonds is 2. The van der Waals surface area contributed by atoms with Crippen molar-refractivity contribution in [1.82, 2.24) is 0 Å². The van der Waals surface area contributed by atoms with E-state index in [1.807, 2.05) is 18.2 Å². The highest BCUT2D eigenvalue weighted by Crippen LogP contribution is 2.43. The van der Waals surface area contributed by atoms with Gasteiger partial charge in [-0.15, -0.1) is 0 Å². The van der Waals surface area contributed by atoms with Crippen molar-refractivity contribution in [1.29, 1.82) is 0 Å². The molecule has 0 spiro atoms. The minimum atomic E-state index is -0.634. The second-order valence-corrected chi connectivity index (χ2v) is 5.71. The molecule has 0 bridgehead atoms. The molecule has 1 heterocycles. The second kappa shape index (κ2) is 4.56. The van der Waals surface area contributed by atoms with Crippen molar-refractivity contribution >= 4 is 5.69 Å². The molecule has 1 atom stereocenters. The van der Waals surface area contributed by atoms with Gasteiger partial charge < -0.3 is 15.6 Å². The van der Waals surface area contributed by atoms with Gasteiger partial charge in [0.05, 0.1) is 5.60 Å². The van der Waals surface area contributed by atoms with Crippen molar-refractivity contribution in [3.63, 3.8) is 0 Å². The lowest BCUT2D eigenvalue weighted by atomic mass is 9.82. The summed E-state index contributed by atoms with van der Waals surface area (Å²) in [5, 5.41) is 10.9. The van der Waals surface area contributed by atoms with Gasteiger partial charge in [-0.2, -0.15) is 0 Å². The molecule has 1 aliphatic carbocycles. The van der Waals surface area contributed by atoms with Crippen LogP contribution in [0, 0.1) is 5.92 Å².